The SMILES string of the molecule is C=C1N=C(N)C=CN1[C@@H]1O[C@](CN=[N+]=[N-])(COC(=O)CCCC)[C@@H](OC(=O)CCCC)[C@H]1F. The van der Waals surface area contributed by atoms with Crippen LogP contribution in [-0.4, -0.2) is 59.9 Å². The standard InChI is InChI=1S/C21H31FN6O5/c1-4-6-8-16(29)31-13-21(12-25-27-24)19(32-17(30)9-7-5-2)18(22)20(33-21)28-11-10-15(23)26-14(28)3/h10-11,18-20H,3-9,12-13H2,1-2H3,(H2,23,26)/t18-,19+,20-,21-/m1/s1. The number of aliphatic imine (C=N–C) groups is 1. The molecular weight excluding hydrogens is 435 g/mol. The van der Waals surface area contributed by atoms with E-state index in [1.165, 1.54) is 17.2 Å². The molecule has 0 spiro atoms. The molecule has 0 aromatic rings. The highest BCUT2D eigenvalue weighted by Gasteiger charge is 2.60. The molecule has 1 fully saturated rings. The Morgan fingerprint density at radius 3 is 2.64 bits per heavy atom. The largest absolute Gasteiger partial charge is 0.462 e. The Labute approximate surface area is 192 Å². The molecule has 2 aliphatic rings. The number of nitrogens with two attached hydrogens (primary N) is 1. The van der Waals surface area contributed by atoms with E-state index in [1.807, 2.05) is 13.8 Å². The molecule has 4 atom stereocenters. The Balaban J connectivity index is 2.35. The number of carbonyl (C=O) groups excluding carboxylic acids is 2. The highest BCUT2D eigenvalue weighted by molar-refractivity contribution is 5.92. The lowest BCUT2D eigenvalue weighted by atomic mass is 9.96. The number of alkyl halides is 1. The van der Waals surface area contributed by atoms with E-state index in [0.29, 0.717) is 12.8 Å². The number of hydrogen-bond acceptors (Lipinski definition) is 9. The second-order valence-corrected chi connectivity index (χ2v) is 7.86. The highest BCUT2D eigenvalue weighted by atomic mass is 19.1. The van der Waals surface area contributed by atoms with Gasteiger partial charge in [-0.1, -0.05) is 38.4 Å². The Hall–Kier alpha value is -3.11. The van der Waals surface area contributed by atoms with Gasteiger partial charge in [-0.05, 0) is 24.4 Å². The number of esters is 2. The van der Waals surface area contributed by atoms with Gasteiger partial charge in [0.15, 0.2) is 24.1 Å². The first-order valence-corrected chi connectivity index (χ1v) is 11.0. The van der Waals surface area contributed by atoms with Crippen molar-refractivity contribution in [1.29, 1.82) is 0 Å². The minimum Gasteiger partial charge on any atom is -0.462 e. The predicted molar refractivity (Wildman–Crippen MR) is 118 cm³/mol. The van der Waals surface area contributed by atoms with E-state index in [9.17, 15) is 9.59 Å². The van der Waals surface area contributed by atoms with Crippen molar-refractivity contribution < 1.29 is 28.2 Å². The summed E-state index contributed by atoms with van der Waals surface area (Å²) in [6, 6.07) is 0. The van der Waals surface area contributed by atoms with Crippen LogP contribution in [0, 0.1) is 0 Å². The van der Waals surface area contributed by atoms with Crippen LogP contribution in [0.4, 0.5) is 4.39 Å². The third-order valence-electron chi connectivity index (χ3n) is 5.28. The topological polar surface area (TPSA) is 152 Å². The first-order valence-electron chi connectivity index (χ1n) is 11.0. The summed E-state index contributed by atoms with van der Waals surface area (Å²) >= 11 is 0. The molecule has 12 heteroatoms. The van der Waals surface area contributed by atoms with Crippen LogP contribution in [0.15, 0.2) is 34.8 Å². The van der Waals surface area contributed by atoms with E-state index in [1.54, 1.807) is 0 Å². The van der Waals surface area contributed by atoms with Crippen molar-refractivity contribution in [2.75, 3.05) is 13.2 Å². The fourth-order valence-electron chi connectivity index (χ4n) is 3.47. The zero-order chi connectivity index (χ0) is 24.4. The molecule has 1 saturated heterocycles. The third kappa shape index (κ3) is 6.69. The Bertz CT molecular complexity index is 843. The van der Waals surface area contributed by atoms with Crippen molar-refractivity contribution in [2.45, 2.75) is 76.5 Å². The number of amidine groups is 1. The fraction of sp³-hybridized carbons (Fsp3) is 0.667. The van der Waals surface area contributed by atoms with E-state index in [4.69, 9.17) is 25.5 Å². The molecule has 2 N–H and O–H groups in total. The zero-order valence-electron chi connectivity index (χ0n) is 19.0. The van der Waals surface area contributed by atoms with Crippen LogP contribution in [-0.2, 0) is 23.8 Å². The van der Waals surface area contributed by atoms with Crippen LogP contribution in [0.25, 0.3) is 10.4 Å². The molecule has 182 valence electrons. The van der Waals surface area contributed by atoms with Gasteiger partial charge < -0.3 is 24.8 Å². The second kappa shape index (κ2) is 12.2. The molecule has 0 saturated carbocycles. The van der Waals surface area contributed by atoms with Gasteiger partial charge >= 0.3 is 11.9 Å². The monoisotopic (exact) mass is 466 g/mol. The molecule has 0 aromatic carbocycles. The van der Waals surface area contributed by atoms with Gasteiger partial charge in [-0.25, -0.2) is 9.38 Å². The normalized spacial score (nSPS) is 26.5. The van der Waals surface area contributed by atoms with Gasteiger partial charge in [0.05, 0.1) is 6.54 Å². The number of azide groups is 1. The molecule has 0 radical (unpaired) electrons. The van der Waals surface area contributed by atoms with E-state index in [2.05, 4.69) is 21.6 Å². The van der Waals surface area contributed by atoms with E-state index in [-0.39, 0.29) is 24.5 Å². The first-order chi connectivity index (χ1) is 15.8. The summed E-state index contributed by atoms with van der Waals surface area (Å²) in [4.78, 5) is 32.6. The third-order valence-corrected chi connectivity index (χ3v) is 5.28. The van der Waals surface area contributed by atoms with Crippen LogP contribution < -0.4 is 5.73 Å². The number of hydrogen-bond donors (Lipinski definition) is 1. The van der Waals surface area contributed by atoms with Gasteiger partial charge in [0.25, 0.3) is 0 Å². The van der Waals surface area contributed by atoms with Crippen molar-refractivity contribution in [3.63, 3.8) is 0 Å². The van der Waals surface area contributed by atoms with Gasteiger partial charge in [-0.2, -0.15) is 0 Å². The van der Waals surface area contributed by atoms with Crippen LogP contribution in [0.5, 0.6) is 0 Å². The van der Waals surface area contributed by atoms with Gasteiger partial charge in [0, 0.05) is 24.0 Å². The van der Waals surface area contributed by atoms with Crippen LogP contribution >= 0.6 is 0 Å². The molecule has 0 aliphatic carbocycles. The smallest absolute Gasteiger partial charge is 0.306 e. The van der Waals surface area contributed by atoms with Crippen LogP contribution in [0.3, 0.4) is 0 Å². The average molecular weight is 467 g/mol. The summed E-state index contributed by atoms with van der Waals surface area (Å²) in [6.45, 7) is 6.69. The van der Waals surface area contributed by atoms with Gasteiger partial charge in [-0.15, -0.1) is 0 Å². The number of halogens is 1. The average Bonchev–Trinajstić information content (AvgIpc) is 3.05. The van der Waals surface area contributed by atoms with Crippen LogP contribution in [0.2, 0.25) is 0 Å². The molecule has 2 rings (SSSR count). The van der Waals surface area contributed by atoms with E-state index >= 15 is 4.39 Å². The summed E-state index contributed by atoms with van der Waals surface area (Å²) in [5.74, 6) is -0.863. The van der Waals surface area contributed by atoms with Crippen molar-refractivity contribution in [3.8, 4) is 0 Å². The van der Waals surface area contributed by atoms with Gasteiger partial charge in [-0.3, -0.25) is 9.59 Å². The summed E-state index contributed by atoms with van der Waals surface area (Å²) in [5.41, 5.74) is 12.8. The maximum Gasteiger partial charge on any atom is 0.306 e. The Morgan fingerprint density at radius 1 is 1.36 bits per heavy atom. The molecule has 2 heterocycles. The molecule has 0 bridgehead atoms. The molecule has 2 aliphatic heterocycles. The molecule has 0 aromatic heterocycles. The van der Waals surface area contributed by atoms with E-state index in [0.717, 1.165) is 12.8 Å². The maximum absolute atomic E-state index is 15.8. The first kappa shape index (κ1) is 26.1. The summed E-state index contributed by atoms with van der Waals surface area (Å²) in [6.07, 6.45) is 1.09. The number of ether oxygens (including phenoxy) is 3. The van der Waals surface area contributed by atoms with Crippen molar-refractivity contribution in [1.82, 2.24) is 4.90 Å². The molecular formula is C21H31FN6O5. The second-order valence-electron chi connectivity index (χ2n) is 7.86. The lowest BCUT2D eigenvalue weighted by molar-refractivity contribution is -0.177. The number of rotatable bonds is 12. The summed E-state index contributed by atoms with van der Waals surface area (Å²) in [7, 11) is 0. The van der Waals surface area contributed by atoms with Gasteiger partial charge in [0.1, 0.15) is 18.3 Å². The van der Waals surface area contributed by atoms with Crippen LogP contribution in [0.1, 0.15) is 52.4 Å². The molecule has 0 unspecified atom stereocenters. The minimum atomic E-state index is -1.89. The van der Waals surface area contributed by atoms with Crippen molar-refractivity contribution in [2.24, 2.45) is 15.8 Å². The molecule has 0 amide bonds. The Kier molecular flexibility index (Phi) is 9.68. The predicted octanol–water partition coefficient (Wildman–Crippen LogP) is 3.22. The minimum absolute atomic E-state index is 0.0788. The lowest BCUT2D eigenvalue weighted by Crippen LogP contribution is -2.51. The number of nitrogens with zero attached hydrogens (tertiary/aromatic N) is 5. The summed E-state index contributed by atoms with van der Waals surface area (Å²) in [5, 5.41) is 3.53. The lowest BCUT2D eigenvalue weighted by Gasteiger charge is -2.33. The summed E-state index contributed by atoms with van der Waals surface area (Å²) < 4.78 is 32.6. The number of unbranched alkanes of at least 4 members (excludes halogenated alkanes) is 2. The van der Waals surface area contributed by atoms with E-state index < -0.39 is 49.2 Å². The fourth-order valence-corrected chi connectivity index (χ4v) is 3.47. The quantitative estimate of drug-likeness (QED) is 0.200. The molecule has 11 nitrogen and oxygen atoms in total. The maximum atomic E-state index is 15.8. The highest BCUT2D eigenvalue weighted by Crippen LogP contribution is 2.40. The van der Waals surface area contributed by atoms with Gasteiger partial charge in [0.2, 0.25) is 0 Å². The molecule has 33 heavy (non-hydrogen) atoms. The number of carbonyl (C=O) groups is 2. The zero-order valence-corrected chi connectivity index (χ0v) is 19.0. The van der Waals surface area contributed by atoms with Crippen molar-refractivity contribution >= 4 is 17.8 Å². The van der Waals surface area contributed by atoms with Crippen molar-refractivity contribution in [3.05, 3.63) is 35.1 Å². The Morgan fingerprint density at radius 2 is 2.03 bits per heavy atom.